The highest BCUT2D eigenvalue weighted by Gasteiger charge is 2.28. The minimum absolute atomic E-state index is 0.0140. The second kappa shape index (κ2) is 9.02. The Hall–Kier alpha value is -4.36. The molecule has 5 rings (SSSR count). The number of carbonyl (C=O) groups is 2. The van der Waals surface area contributed by atoms with Crippen molar-refractivity contribution in [2.45, 2.75) is 5.92 Å². The number of hydrogen-bond acceptors (Lipinski definition) is 3. The summed E-state index contributed by atoms with van der Waals surface area (Å²) in [5, 5.41) is 4.61. The van der Waals surface area contributed by atoms with E-state index in [-0.39, 0.29) is 19.1 Å². The van der Waals surface area contributed by atoms with E-state index < -0.39 is 6.09 Å². The average Bonchev–Trinajstić information content (AvgIpc) is 3.19. The summed E-state index contributed by atoms with van der Waals surface area (Å²) >= 11 is 0. The van der Waals surface area contributed by atoms with Gasteiger partial charge in [0.25, 0.3) is 0 Å². The number of rotatable bonds is 4. The molecular weight excluding hydrogens is 410 g/mol. The van der Waals surface area contributed by atoms with Crippen LogP contribution in [0.25, 0.3) is 21.9 Å². The lowest BCUT2D eigenvalue weighted by Gasteiger charge is -2.14. The van der Waals surface area contributed by atoms with Crippen molar-refractivity contribution >= 4 is 23.2 Å². The lowest BCUT2D eigenvalue weighted by molar-refractivity contribution is 0.112. The van der Waals surface area contributed by atoms with Gasteiger partial charge in [-0.2, -0.15) is 0 Å². The number of hydrogen-bond donors (Lipinski definition) is 1. The molecule has 1 aliphatic carbocycles. The number of aldehydes is 1. The standard InChI is InChI=1S/C29H21NO3/c31-18-21-16-15-20-8-1-2-9-22(20)23(21)14-7-17-30-29(32)33-19-28-26-12-5-3-10-24(26)25-11-4-6-13-27(25)28/h1-6,8-13,15-16,18,28H,17,19H2,(H,30,32). The van der Waals surface area contributed by atoms with Crippen molar-refractivity contribution in [1.82, 2.24) is 5.32 Å². The van der Waals surface area contributed by atoms with Crippen molar-refractivity contribution in [2.75, 3.05) is 13.2 Å². The van der Waals surface area contributed by atoms with Crippen LogP contribution in [0.1, 0.15) is 33.0 Å². The van der Waals surface area contributed by atoms with Crippen molar-refractivity contribution in [1.29, 1.82) is 0 Å². The molecule has 0 radical (unpaired) electrons. The molecule has 0 aliphatic heterocycles. The fourth-order valence-corrected chi connectivity index (χ4v) is 4.42. The molecule has 0 atom stereocenters. The monoisotopic (exact) mass is 431 g/mol. The molecule has 0 heterocycles. The van der Waals surface area contributed by atoms with Gasteiger partial charge in [0, 0.05) is 17.0 Å². The predicted octanol–water partition coefficient (Wildman–Crippen LogP) is 5.54. The van der Waals surface area contributed by atoms with Crippen molar-refractivity contribution in [2.24, 2.45) is 0 Å². The number of nitrogens with one attached hydrogen (secondary N) is 1. The Kier molecular flexibility index (Phi) is 5.61. The number of carbonyl (C=O) groups excluding carboxylic acids is 2. The van der Waals surface area contributed by atoms with Crippen LogP contribution in [0.5, 0.6) is 0 Å². The molecule has 0 saturated heterocycles. The first-order valence-corrected chi connectivity index (χ1v) is 10.8. The molecule has 4 aromatic carbocycles. The normalized spacial score (nSPS) is 11.8. The molecule has 0 saturated carbocycles. The zero-order valence-corrected chi connectivity index (χ0v) is 17.9. The lowest BCUT2D eigenvalue weighted by Crippen LogP contribution is -2.26. The van der Waals surface area contributed by atoms with Gasteiger partial charge in [0.2, 0.25) is 0 Å². The van der Waals surface area contributed by atoms with Gasteiger partial charge in [-0.25, -0.2) is 4.79 Å². The van der Waals surface area contributed by atoms with Crippen molar-refractivity contribution < 1.29 is 14.3 Å². The number of benzene rings is 4. The second-order valence-electron chi connectivity index (χ2n) is 7.85. The van der Waals surface area contributed by atoms with Gasteiger partial charge >= 0.3 is 6.09 Å². The highest BCUT2D eigenvalue weighted by Crippen LogP contribution is 2.44. The van der Waals surface area contributed by atoms with Crippen LogP contribution in [0.3, 0.4) is 0 Å². The molecule has 0 aromatic heterocycles. The maximum Gasteiger partial charge on any atom is 0.407 e. The predicted molar refractivity (Wildman–Crippen MR) is 129 cm³/mol. The van der Waals surface area contributed by atoms with Gasteiger partial charge in [-0.1, -0.05) is 90.7 Å². The molecule has 33 heavy (non-hydrogen) atoms. The van der Waals surface area contributed by atoms with E-state index in [2.05, 4.69) is 41.4 Å². The van der Waals surface area contributed by atoms with Crippen LogP contribution in [0.15, 0.2) is 84.9 Å². The first-order valence-electron chi connectivity index (χ1n) is 10.8. The molecule has 0 spiro atoms. The molecule has 0 bridgehead atoms. The van der Waals surface area contributed by atoms with Gasteiger partial charge in [-0.15, -0.1) is 0 Å². The van der Waals surface area contributed by atoms with E-state index >= 15 is 0 Å². The summed E-state index contributed by atoms with van der Waals surface area (Å²) in [7, 11) is 0. The van der Waals surface area contributed by atoms with Crippen LogP contribution >= 0.6 is 0 Å². The fourth-order valence-electron chi connectivity index (χ4n) is 4.42. The lowest BCUT2D eigenvalue weighted by atomic mass is 9.98. The Morgan fingerprint density at radius 3 is 2.27 bits per heavy atom. The average molecular weight is 431 g/mol. The van der Waals surface area contributed by atoms with Gasteiger partial charge < -0.3 is 10.1 Å². The van der Waals surface area contributed by atoms with E-state index in [4.69, 9.17) is 4.74 Å². The van der Waals surface area contributed by atoms with Gasteiger partial charge in [-0.3, -0.25) is 4.79 Å². The van der Waals surface area contributed by atoms with Crippen molar-refractivity contribution in [3.63, 3.8) is 0 Å². The summed E-state index contributed by atoms with van der Waals surface area (Å²) in [5.74, 6) is 5.99. The van der Waals surface area contributed by atoms with Gasteiger partial charge in [0.05, 0.1) is 6.54 Å². The number of fused-ring (bicyclic) bond motifs is 4. The molecular formula is C29H21NO3. The van der Waals surface area contributed by atoms with Crippen molar-refractivity contribution in [3.8, 4) is 23.0 Å². The zero-order chi connectivity index (χ0) is 22.6. The molecule has 1 N–H and O–H groups in total. The molecule has 4 aromatic rings. The van der Waals surface area contributed by atoms with Crippen LogP contribution in [0, 0.1) is 11.8 Å². The third kappa shape index (κ3) is 3.97. The Bertz CT molecular complexity index is 1380. The van der Waals surface area contributed by atoms with Crippen LogP contribution in [-0.2, 0) is 4.74 Å². The highest BCUT2D eigenvalue weighted by molar-refractivity contribution is 5.95. The van der Waals surface area contributed by atoms with Crippen LogP contribution < -0.4 is 5.32 Å². The highest BCUT2D eigenvalue weighted by atomic mass is 16.5. The third-order valence-corrected chi connectivity index (χ3v) is 5.97. The fraction of sp³-hybridized carbons (Fsp3) is 0.103. The summed E-state index contributed by atoms with van der Waals surface area (Å²) in [4.78, 5) is 23.8. The summed E-state index contributed by atoms with van der Waals surface area (Å²) in [6, 6.07) is 27.9. The van der Waals surface area contributed by atoms with Gasteiger partial charge in [-0.05, 0) is 39.1 Å². The Balaban J connectivity index is 1.24. The molecule has 0 fully saturated rings. The van der Waals surface area contributed by atoms with Gasteiger partial charge in [0.15, 0.2) is 6.29 Å². The van der Waals surface area contributed by atoms with Crippen molar-refractivity contribution in [3.05, 3.63) is 107 Å². The zero-order valence-electron chi connectivity index (χ0n) is 17.9. The maximum atomic E-state index is 12.3. The summed E-state index contributed by atoms with van der Waals surface area (Å²) in [6.45, 7) is 0.379. The Morgan fingerprint density at radius 1 is 0.879 bits per heavy atom. The first kappa shape index (κ1) is 20.5. The largest absolute Gasteiger partial charge is 0.449 e. The topological polar surface area (TPSA) is 55.4 Å². The number of ether oxygens (including phenoxy) is 1. The molecule has 4 heteroatoms. The van der Waals surface area contributed by atoms with E-state index in [1.54, 1.807) is 6.07 Å². The molecule has 160 valence electrons. The number of amides is 1. The molecule has 4 nitrogen and oxygen atoms in total. The summed E-state index contributed by atoms with van der Waals surface area (Å²) < 4.78 is 5.53. The Morgan fingerprint density at radius 2 is 1.55 bits per heavy atom. The van der Waals surface area contributed by atoms with Crippen LogP contribution in [0.4, 0.5) is 4.79 Å². The second-order valence-corrected chi connectivity index (χ2v) is 7.85. The minimum Gasteiger partial charge on any atom is -0.449 e. The van der Waals surface area contributed by atoms with Crippen LogP contribution in [-0.4, -0.2) is 25.5 Å². The van der Waals surface area contributed by atoms with E-state index in [1.165, 1.54) is 22.3 Å². The molecule has 1 amide bonds. The van der Waals surface area contributed by atoms with Crippen LogP contribution in [0.2, 0.25) is 0 Å². The quantitative estimate of drug-likeness (QED) is 0.341. The Labute approximate surface area is 192 Å². The first-order chi connectivity index (χ1) is 16.3. The third-order valence-electron chi connectivity index (χ3n) is 5.97. The summed E-state index contributed by atoms with van der Waals surface area (Å²) in [5.41, 5.74) is 5.91. The minimum atomic E-state index is -0.514. The maximum absolute atomic E-state index is 12.3. The smallest absolute Gasteiger partial charge is 0.407 e. The number of alkyl carbamates (subject to hydrolysis) is 1. The van der Waals surface area contributed by atoms with E-state index in [1.807, 2.05) is 54.6 Å². The molecule has 0 unspecified atom stereocenters. The SMILES string of the molecule is O=Cc1ccc2ccccc2c1C#CCNC(=O)OCC1c2ccccc2-c2ccccc21. The van der Waals surface area contributed by atoms with E-state index in [0.29, 0.717) is 11.1 Å². The van der Waals surface area contributed by atoms with E-state index in [9.17, 15) is 9.59 Å². The summed E-state index contributed by atoms with van der Waals surface area (Å²) in [6.07, 6.45) is 0.287. The molecule has 1 aliphatic rings. The van der Waals surface area contributed by atoms with E-state index in [0.717, 1.165) is 17.1 Å². The van der Waals surface area contributed by atoms with Gasteiger partial charge in [0.1, 0.15) is 6.61 Å².